The lowest BCUT2D eigenvalue weighted by Crippen LogP contribution is -2.46. The lowest BCUT2D eigenvalue weighted by atomic mass is 9.92. The van der Waals surface area contributed by atoms with E-state index in [1.54, 1.807) is 17.8 Å². The predicted octanol–water partition coefficient (Wildman–Crippen LogP) is 2.51. The highest BCUT2D eigenvalue weighted by molar-refractivity contribution is 7.93. The fourth-order valence-electron chi connectivity index (χ4n) is 2.01. The topological polar surface area (TPSA) is 81.1 Å². The van der Waals surface area contributed by atoms with Crippen molar-refractivity contribution in [2.24, 2.45) is 13.0 Å². The lowest BCUT2D eigenvalue weighted by Gasteiger charge is -2.24. The second-order valence-corrected chi connectivity index (χ2v) is 10.5. The van der Waals surface area contributed by atoms with Gasteiger partial charge in [0.2, 0.25) is 5.91 Å². The standard InChI is InChI=1S/C16H29N3O3S/c1-11(2)10-23(21,22)16(6,7)14(20)17-13-9-12(15(3,4)5)18-19(13)8/h9,11H,10H2,1-8H3,(H,17,20). The molecule has 23 heavy (non-hydrogen) atoms. The third-order valence-corrected chi connectivity index (χ3v) is 6.61. The quantitative estimate of drug-likeness (QED) is 0.890. The molecule has 0 unspecified atom stereocenters. The molecule has 0 spiro atoms. The molecule has 1 N–H and O–H groups in total. The average molecular weight is 343 g/mol. The second-order valence-electron chi connectivity index (χ2n) is 7.93. The highest BCUT2D eigenvalue weighted by Crippen LogP contribution is 2.26. The van der Waals surface area contributed by atoms with Crippen LogP contribution in [0.4, 0.5) is 5.82 Å². The molecule has 132 valence electrons. The Morgan fingerprint density at radius 3 is 2.17 bits per heavy atom. The minimum atomic E-state index is -3.55. The maximum atomic E-state index is 12.5. The molecule has 0 bridgehead atoms. The van der Waals surface area contributed by atoms with Gasteiger partial charge in [0.15, 0.2) is 9.84 Å². The van der Waals surface area contributed by atoms with Gasteiger partial charge in [-0.15, -0.1) is 0 Å². The zero-order valence-corrected chi connectivity index (χ0v) is 16.2. The first-order valence-electron chi connectivity index (χ1n) is 7.76. The average Bonchev–Trinajstić information content (AvgIpc) is 2.68. The molecule has 0 atom stereocenters. The fourth-order valence-corrected chi connectivity index (χ4v) is 3.63. The molecule has 1 amide bonds. The number of nitrogens with one attached hydrogen (secondary N) is 1. The maximum absolute atomic E-state index is 12.5. The summed E-state index contributed by atoms with van der Waals surface area (Å²) in [4.78, 5) is 12.5. The minimum absolute atomic E-state index is 0.0218. The number of aryl methyl sites for hydroxylation is 1. The summed E-state index contributed by atoms with van der Waals surface area (Å²) in [7, 11) is -1.83. The lowest BCUT2D eigenvalue weighted by molar-refractivity contribution is -0.117. The number of sulfone groups is 1. The zero-order chi connectivity index (χ0) is 18.2. The summed E-state index contributed by atoms with van der Waals surface area (Å²) in [5, 5.41) is 7.08. The number of carbonyl (C=O) groups excluding carboxylic acids is 1. The van der Waals surface area contributed by atoms with Gasteiger partial charge in [-0.3, -0.25) is 9.48 Å². The van der Waals surface area contributed by atoms with Crippen LogP contribution in [0.25, 0.3) is 0 Å². The molecule has 6 nitrogen and oxygen atoms in total. The van der Waals surface area contributed by atoms with E-state index in [4.69, 9.17) is 0 Å². The van der Waals surface area contributed by atoms with Crippen LogP contribution in [0.5, 0.6) is 0 Å². The van der Waals surface area contributed by atoms with Crippen molar-refractivity contribution in [3.63, 3.8) is 0 Å². The van der Waals surface area contributed by atoms with Gasteiger partial charge in [0.05, 0.1) is 11.4 Å². The van der Waals surface area contributed by atoms with Crippen molar-refractivity contribution < 1.29 is 13.2 Å². The molecule has 1 aromatic heterocycles. The van der Waals surface area contributed by atoms with E-state index in [1.807, 2.05) is 34.6 Å². The highest BCUT2D eigenvalue weighted by atomic mass is 32.2. The van der Waals surface area contributed by atoms with E-state index in [9.17, 15) is 13.2 Å². The normalized spacial score (nSPS) is 13.4. The number of nitrogens with zero attached hydrogens (tertiary/aromatic N) is 2. The van der Waals surface area contributed by atoms with Crippen LogP contribution in [0.2, 0.25) is 0 Å². The summed E-state index contributed by atoms with van der Waals surface area (Å²) in [5.74, 6) is -0.0999. The fraction of sp³-hybridized carbons (Fsp3) is 0.750. The van der Waals surface area contributed by atoms with Gasteiger partial charge >= 0.3 is 0 Å². The smallest absolute Gasteiger partial charge is 0.246 e. The molecule has 0 aliphatic rings. The third-order valence-electron chi connectivity index (χ3n) is 3.77. The summed E-state index contributed by atoms with van der Waals surface area (Å²) in [6.45, 7) is 12.6. The van der Waals surface area contributed by atoms with Crippen LogP contribution in [0.3, 0.4) is 0 Å². The van der Waals surface area contributed by atoms with Crippen LogP contribution in [0.15, 0.2) is 6.07 Å². The van der Waals surface area contributed by atoms with E-state index >= 15 is 0 Å². The van der Waals surface area contributed by atoms with Gasteiger partial charge in [0.25, 0.3) is 0 Å². The maximum Gasteiger partial charge on any atom is 0.246 e. The number of amides is 1. The van der Waals surface area contributed by atoms with Crippen LogP contribution in [0, 0.1) is 5.92 Å². The van der Waals surface area contributed by atoms with E-state index in [-0.39, 0.29) is 17.1 Å². The highest BCUT2D eigenvalue weighted by Gasteiger charge is 2.42. The Morgan fingerprint density at radius 2 is 1.78 bits per heavy atom. The summed E-state index contributed by atoms with van der Waals surface area (Å²) < 4.78 is 25.0. The summed E-state index contributed by atoms with van der Waals surface area (Å²) >= 11 is 0. The zero-order valence-electron chi connectivity index (χ0n) is 15.4. The molecule has 0 saturated heterocycles. The Labute approximate surface area is 139 Å². The minimum Gasteiger partial charge on any atom is -0.310 e. The number of carbonyl (C=O) groups is 1. The van der Waals surface area contributed by atoms with E-state index in [2.05, 4.69) is 10.4 Å². The number of rotatable bonds is 5. The molecule has 1 aromatic rings. The SMILES string of the molecule is CC(C)CS(=O)(=O)C(C)(C)C(=O)Nc1cc(C(C)(C)C)nn1C. The van der Waals surface area contributed by atoms with Crippen LogP contribution >= 0.6 is 0 Å². The number of anilines is 1. The Balaban J connectivity index is 3.06. The van der Waals surface area contributed by atoms with Gasteiger partial charge in [0.1, 0.15) is 10.6 Å². The molecule has 0 fully saturated rings. The predicted molar refractivity (Wildman–Crippen MR) is 93.2 cm³/mol. The van der Waals surface area contributed by atoms with Crippen LogP contribution in [-0.4, -0.2) is 34.6 Å². The Morgan fingerprint density at radius 1 is 1.26 bits per heavy atom. The molecule has 0 aliphatic heterocycles. The van der Waals surface area contributed by atoms with Gasteiger partial charge in [0, 0.05) is 18.5 Å². The Kier molecular flexibility index (Phi) is 5.36. The molecular formula is C16H29N3O3S. The van der Waals surface area contributed by atoms with Crippen molar-refractivity contribution >= 4 is 21.6 Å². The van der Waals surface area contributed by atoms with E-state index in [0.29, 0.717) is 5.82 Å². The first-order chi connectivity index (χ1) is 10.2. The van der Waals surface area contributed by atoms with Crippen LogP contribution in [-0.2, 0) is 27.1 Å². The molecule has 0 aromatic carbocycles. The first-order valence-corrected chi connectivity index (χ1v) is 9.42. The number of hydrogen-bond acceptors (Lipinski definition) is 4. The van der Waals surface area contributed by atoms with E-state index in [0.717, 1.165) is 5.69 Å². The number of hydrogen-bond donors (Lipinski definition) is 1. The Bertz CT molecular complexity index is 680. The molecule has 1 rings (SSSR count). The van der Waals surface area contributed by atoms with Crippen molar-refractivity contribution in [2.45, 2.75) is 58.6 Å². The molecule has 7 heteroatoms. The van der Waals surface area contributed by atoms with Crippen molar-refractivity contribution in [2.75, 3.05) is 11.1 Å². The monoisotopic (exact) mass is 343 g/mol. The van der Waals surface area contributed by atoms with Crippen LogP contribution in [0.1, 0.15) is 54.2 Å². The molecular weight excluding hydrogens is 314 g/mol. The summed E-state index contributed by atoms with van der Waals surface area (Å²) in [5.41, 5.74) is 0.679. The Hall–Kier alpha value is -1.37. The van der Waals surface area contributed by atoms with Gasteiger partial charge in [-0.2, -0.15) is 5.10 Å². The summed E-state index contributed by atoms with van der Waals surface area (Å²) in [6.07, 6.45) is 0. The van der Waals surface area contributed by atoms with E-state index < -0.39 is 20.5 Å². The third kappa shape index (κ3) is 4.34. The molecule has 0 aliphatic carbocycles. The van der Waals surface area contributed by atoms with Gasteiger partial charge in [-0.05, 0) is 19.8 Å². The second kappa shape index (κ2) is 6.26. The van der Waals surface area contributed by atoms with Gasteiger partial charge in [-0.25, -0.2) is 8.42 Å². The molecule has 1 heterocycles. The molecule has 0 saturated carbocycles. The number of aromatic nitrogens is 2. The molecule has 0 radical (unpaired) electrons. The van der Waals surface area contributed by atoms with Crippen molar-refractivity contribution in [3.05, 3.63) is 11.8 Å². The largest absolute Gasteiger partial charge is 0.310 e. The van der Waals surface area contributed by atoms with Gasteiger partial charge < -0.3 is 5.32 Å². The van der Waals surface area contributed by atoms with Crippen LogP contribution < -0.4 is 5.32 Å². The first kappa shape index (κ1) is 19.7. The van der Waals surface area contributed by atoms with Crippen molar-refractivity contribution in [1.29, 1.82) is 0 Å². The van der Waals surface area contributed by atoms with Crippen molar-refractivity contribution in [1.82, 2.24) is 9.78 Å². The van der Waals surface area contributed by atoms with Gasteiger partial charge in [-0.1, -0.05) is 34.6 Å². The summed E-state index contributed by atoms with van der Waals surface area (Å²) in [6, 6.07) is 1.78. The van der Waals surface area contributed by atoms with Crippen molar-refractivity contribution in [3.8, 4) is 0 Å². The van der Waals surface area contributed by atoms with E-state index in [1.165, 1.54) is 13.8 Å².